The second-order valence-electron chi connectivity index (χ2n) is 7.55. The average Bonchev–Trinajstić information content (AvgIpc) is 3.16. The zero-order valence-electron chi connectivity index (χ0n) is 18.0. The summed E-state index contributed by atoms with van der Waals surface area (Å²) in [4.78, 5) is 27.6. The van der Waals surface area contributed by atoms with Crippen LogP contribution in [-0.4, -0.2) is 64.9 Å². The molecule has 2 aliphatic rings. The van der Waals surface area contributed by atoms with Crippen LogP contribution in [0.25, 0.3) is 0 Å². The molecule has 0 aliphatic carbocycles. The van der Waals surface area contributed by atoms with Gasteiger partial charge in [-0.15, -0.1) is 0 Å². The molecule has 9 nitrogen and oxygen atoms in total. The number of hydrogen-bond donors (Lipinski definition) is 0. The van der Waals surface area contributed by atoms with Gasteiger partial charge in [-0.25, -0.2) is 13.3 Å². The molecule has 4 rings (SSSR count). The third-order valence-electron chi connectivity index (χ3n) is 5.76. The number of carbonyl (C=O) groups is 2. The minimum Gasteiger partial charge on any atom is -0.497 e. The van der Waals surface area contributed by atoms with Gasteiger partial charge in [-0.05, 0) is 42.5 Å². The van der Waals surface area contributed by atoms with Crippen molar-refractivity contribution in [3.8, 4) is 11.5 Å². The molecule has 2 aliphatic heterocycles. The highest BCUT2D eigenvalue weighted by Gasteiger charge is 2.35. The predicted octanol–water partition coefficient (Wildman–Crippen LogP) is 1.87. The number of methoxy groups -OCH3 is 2. The van der Waals surface area contributed by atoms with Crippen LogP contribution in [-0.2, 0) is 19.6 Å². The minimum absolute atomic E-state index is 0.0266. The van der Waals surface area contributed by atoms with Crippen LogP contribution < -0.4 is 19.3 Å². The molecule has 0 N–H and O–H groups in total. The average molecular weight is 460 g/mol. The summed E-state index contributed by atoms with van der Waals surface area (Å²) in [5.41, 5.74) is 1.17. The molecule has 2 fully saturated rings. The summed E-state index contributed by atoms with van der Waals surface area (Å²) in [6.07, 6.45) is 0.207. The van der Waals surface area contributed by atoms with Gasteiger partial charge in [0.25, 0.3) is 0 Å². The Morgan fingerprint density at radius 1 is 0.812 bits per heavy atom. The zero-order chi connectivity index (χ0) is 22.9. The number of carbonyl (C=O) groups excluding carboxylic acids is 2. The van der Waals surface area contributed by atoms with Gasteiger partial charge >= 0.3 is 0 Å². The highest BCUT2D eigenvalue weighted by molar-refractivity contribution is 7.89. The lowest BCUT2D eigenvalue weighted by molar-refractivity contribution is -0.121. The summed E-state index contributed by atoms with van der Waals surface area (Å²) in [7, 11) is -0.785. The molecule has 2 saturated heterocycles. The van der Waals surface area contributed by atoms with E-state index in [1.54, 1.807) is 7.11 Å². The molecule has 0 atom stereocenters. The van der Waals surface area contributed by atoms with Gasteiger partial charge in [0, 0.05) is 44.7 Å². The van der Waals surface area contributed by atoms with Crippen LogP contribution in [0.3, 0.4) is 0 Å². The van der Waals surface area contributed by atoms with E-state index in [4.69, 9.17) is 9.47 Å². The maximum atomic E-state index is 13.3. The SMILES string of the molecule is COc1ccc(N2CCN(S(=O)(=O)c3ccc(OC)c(N4C(=O)CCC4=O)c3)CC2)cc1. The van der Waals surface area contributed by atoms with Crippen LogP contribution in [0.1, 0.15) is 12.8 Å². The maximum Gasteiger partial charge on any atom is 0.243 e. The second kappa shape index (κ2) is 8.79. The molecule has 10 heteroatoms. The monoisotopic (exact) mass is 459 g/mol. The molecule has 0 unspecified atom stereocenters. The molecule has 32 heavy (non-hydrogen) atoms. The molecule has 2 heterocycles. The molecule has 2 aromatic rings. The van der Waals surface area contributed by atoms with E-state index in [1.165, 1.54) is 29.6 Å². The Hall–Kier alpha value is -3.11. The van der Waals surface area contributed by atoms with Gasteiger partial charge in [-0.2, -0.15) is 4.31 Å². The zero-order valence-corrected chi connectivity index (χ0v) is 18.8. The van der Waals surface area contributed by atoms with Gasteiger partial charge in [0.05, 0.1) is 24.8 Å². The number of hydrogen-bond acceptors (Lipinski definition) is 7. The molecule has 0 bridgehead atoms. The van der Waals surface area contributed by atoms with E-state index < -0.39 is 10.0 Å². The fourth-order valence-corrected chi connectivity index (χ4v) is 5.42. The number of rotatable bonds is 6. The first-order valence-corrected chi connectivity index (χ1v) is 11.7. The molecule has 0 saturated carbocycles. The molecular formula is C22H25N3O6S. The van der Waals surface area contributed by atoms with Gasteiger partial charge in [0.1, 0.15) is 11.5 Å². The Labute approximate surface area is 187 Å². The van der Waals surface area contributed by atoms with Crippen molar-refractivity contribution < 1.29 is 27.5 Å². The largest absolute Gasteiger partial charge is 0.497 e. The summed E-state index contributed by atoms with van der Waals surface area (Å²) in [6.45, 7) is 1.71. The maximum absolute atomic E-state index is 13.3. The van der Waals surface area contributed by atoms with Crippen molar-refractivity contribution in [2.75, 3.05) is 50.2 Å². The summed E-state index contributed by atoms with van der Waals surface area (Å²) >= 11 is 0. The van der Waals surface area contributed by atoms with Gasteiger partial charge in [0.15, 0.2) is 0 Å². The van der Waals surface area contributed by atoms with E-state index in [-0.39, 0.29) is 41.0 Å². The fraction of sp³-hybridized carbons (Fsp3) is 0.364. The molecule has 170 valence electrons. The van der Waals surface area contributed by atoms with Crippen molar-refractivity contribution in [1.82, 2.24) is 4.31 Å². The number of sulfonamides is 1. The van der Waals surface area contributed by atoms with Gasteiger partial charge in [-0.1, -0.05) is 0 Å². The van der Waals surface area contributed by atoms with E-state index in [9.17, 15) is 18.0 Å². The number of ether oxygens (including phenoxy) is 2. The van der Waals surface area contributed by atoms with Crippen molar-refractivity contribution in [3.63, 3.8) is 0 Å². The van der Waals surface area contributed by atoms with Crippen LogP contribution in [0.15, 0.2) is 47.4 Å². The standard InChI is InChI=1S/C22H25N3O6S/c1-30-17-5-3-16(4-6-17)23-11-13-24(14-12-23)32(28,29)18-7-8-20(31-2)19(15-18)25-21(26)9-10-22(25)27/h3-8,15H,9-14H2,1-2H3. The van der Waals surface area contributed by atoms with E-state index in [0.717, 1.165) is 16.3 Å². The first kappa shape index (κ1) is 22.1. The lowest BCUT2D eigenvalue weighted by Gasteiger charge is -2.35. The van der Waals surface area contributed by atoms with E-state index in [0.29, 0.717) is 26.2 Å². The Balaban J connectivity index is 1.54. The molecular weight excluding hydrogens is 434 g/mol. The number of anilines is 2. The highest BCUT2D eigenvalue weighted by Crippen LogP contribution is 2.35. The fourth-order valence-electron chi connectivity index (χ4n) is 3.98. The summed E-state index contributed by atoms with van der Waals surface area (Å²) < 4.78 is 38.5. The summed E-state index contributed by atoms with van der Waals surface area (Å²) in [5, 5.41) is 0. The Bertz CT molecular complexity index is 1110. The Kier molecular flexibility index (Phi) is 6.07. The third-order valence-corrected chi connectivity index (χ3v) is 7.65. The Morgan fingerprint density at radius 2 is 1.44 bits per heavy atom. The molecule has 0 spiro atoms. The van der Waals surface area contributed by atoms with Crippen molar-refractivity contribution in [3.05, 3.63) is 42.5 Å². The minimum atomic E-state index is -3.81. The van der Waals surface area contributed by atoms with Gasteiger partial charge in [-0.3, -0.25) is 9.59 Å². The predicted molar refractivity (Wildman–Crippen MR) is 119 cm³/mol. The summed E-state index contributed by atoms with van der Waals surface area (Å²) in [6, 6.07) is 11.9. The first-order chi connectivity index (χ1) is 15.3. The molecule has 2 amide bonds. The van der Waals surface area contributed by atoms with Crippen molar-refractivity contribution in [2.45, 2.75) is 17.7 Å². The Morgan fingerprint density at radius 3 is 2.00 bits per heavy atom. The van der Waals surface area contributed by atoms with E-state index in [2.05, 4.69) is 4.90 Å². The van der Waals surface area contributed by atoms with Crippen LogP contribution >= 0.6 is 0 Å². The number of imide groups is 1. The lowest BCUT2D eigenvalue weighted by Crippen LogP contribution is -2.48. The van der Waals surface area contributed by atoms with Crippen LogP contribution in [0, 0.1) is 0 Å². The molecule has 2 aromatic carbocycles. The number of benzene rings is 2. The van der Waals surface area contributed by atoms with Gasteiger partial charge in [0.2, 0.25) is 21.8 Å². The number of nitrogens with zero attached hydrogens (tertiary/aromatic N) is 3. The van der Waals surface area contributed by atoms with E-state index in [1.807, 2.05) is 24.3 Å². The summed E-state index contributed by atoms with van der Waals surface area (Å²) in [5.74, 6) is 0.309. The van der Waals surface area contributed by atoms with Crippen molar-refractivity contribution in [1.29, 1.82) is 0 Å². The van der Waals surface area contributed by atoms with Crippen molar-refractivity contribution in [2.24, 2.45) is 0 Å². The van der Waals surface area contributed by atoms with Crippen LogP contribution in [0.2, 0.25) is 0 Å². The normalized spacial score (nSPS) is 17.7. The first-order valence-electron chi connectivity index (χ1n) is 10.3. The number of piperazine rings is 1. The quantitative estimate of drug-likeness (QED) is 0.609. The topological polar surface area (TPSA) is 96.5 Å². The van der Waals surface area contributed by atoms with Crippen LogP contribution in [0.4, 0.5) is 11.4 Å². The third kappa shape index (κ3) is 4.03. The molecule has 0 aromatic heterocycles. The lowest BCUT2D eigenvalue weighted by atomic mass is 10.2. The van der Waals surface area contributed by atoms with Gasteiger partial charge < -0.3 is 14.4 Å². The second-order valence-corrected chi connectivity index (χ2v) is 9.48. The van der Waals surface area contributed by atoms with Crippen molar-refractivity contribution >= 4 is 33.2 Å². The van der Waals surface area contributed by atoms with E-state index >= 15 is 0 Å². The highest BCUT2D eigenvalue weighted by atomic mass is 32.2. The molecule has 0 radical (unpaired) electrons. The smallest absolute Gasteiger partial charge is 0.243 e. The van der Waals surface area contributed by atoms with Crippen LogP contribution in [0.5, 0.6) is 11.5 Å². The number of amides is 2.